The lowest BCUT2D eigenvalue weighted by Gasteiger charge is -2.32. The first-order valence-electron chi connectivity index (χ1n) is 12.0. The first-order chi connectivity index (χ1) is 17.2. The van der Waals surface area contributed by atoms with Gasteiger partial charge in [0.05, 0.1) is 11.0 Å². The topological polar surface area (TPSA) is 103 Å². The minimum absolute atomic E-state index is 0.000737. The molecular formula is C27H27N7O. The van der Waals surface area contributed by atoms with Gasteiger partial charge in [-0.3, -0.25) is 14.8 Å². The molecule has 1 fully saturated rings. The summed E-state index contributed by atoms with van der Waals surface area (Å²) in [4.78, 5) is 27.3. The zero-order valence-corrected chi connectivity index (χ0v) is 19.6. The standard InChI is InChI=1S/C27H27N7O/c1-28-27-29-13-20(14-30-27)25-22-11-19-10-21(26(35)31-23(19)12-24(22)32-33-25)18-8-5-9-34(16-18)15-17-6-3-2-4-7-17/h2-4,6-7,10-14,18H,5,8-9,15-16H2,1H3,(H,31,35)(H,32,33)(H,28,29,30). The van der Waals surface area contributed by atoms with Gasteiger partial charge < -0.3 is 10.3 Å². The van der Waals surface area contributed by atoms with E-state index in [4.69, 9.17) is 0 Å². The normalized spacial score (nSPS) is 16.7. The highest BCUT2D eigenvalue weighted by molar-refractivity contribution is 6.01. The first-order valence-corrected chi connectivity index (χ1v) is 12.0. The van der Waals surface area contributed by atoms with Crippen LogP contribution in [0.3, 0.4) is 0 Å². The van der Waals surface area contributed by atoms with Gasteiger partial charge in [-0.1, -0.05) is 30.3 Å². The lowest BCUT2D eigenvalue weighted by atomic mass is 9.90. The number of hydrogen-bond acceptors (Lipinski definition) is 6. The fraction of sp³-hybridized carbons (Fsp3) is 0.259. The molecule has 176 valence electrons. The van der Waals surface area contributed by atoms with Crippen molar-refractivity contribution in [3.8, 4) is 11.3 Å². The summed E-state index contributed by atoms with van der Waals surface area (Å²) in [5.74, 6) is 0.776. The highest BCUT2D eigenvalue weighted by atomic mass is 16.1. The van der Waals surface area contributed by atoms with Gasteiger partial charge in [0.15, 0.2) is 0 Å². The lowest BCUT2D eigenvalue weighted by Crippen LogP contribution is -2.35. The molecule has 4 heterocycles. The second-order valence-corrected chi connectivity index (χ2v) is 9.22. The molecule has 35 heavy (non-hydrogen) atoms. The number of hydrogen-bond donors (Lipinski definition) is 3. The van der Waals surface area contributed by atoms with Gasteiger partial charge in [0.2, 0.25) is 5.95 Å². The van der Waals surface area contributed by atoms with Gasteiger partial charge in [-0.2, -0.15) is 5.10 Å². The Balaban J connectivity index is 1.34. The Morgan fingerprint density at radius 3 is 2.71 bits per heavy atom. The number of nitrogens with zero attached hydrogens (tertiary/aromatic N) is 4. The maximum absolute atomic E-state index is 13.1. The molecule has 0 spiro atoms. The van der Waals surface area contributed by atoms with E-state index in [-0.39, 0.29) is 11.5 Å². The van der Waals surface area contributed by atoms with Crippen molar-refractivity contribution in [3.05, 3.63) is 82.4 Å². The molecule has 1 aliphatic rings. The van der Waals surface area contributed by atoms with Crippen LogP contribution in [0.4, 0.5) is 5.95 Å². The van der Waals surface area contributed by atoms with Crippen molar-refractivity contribution in [2.24, 2.45) is 0 Å². The molecule has 1 aliphatic heterocycles. The van der Waals surface area contributed by atoms with Crippen LogP contribution in [-0.4, -0.2) is 50.2 Å². The molecule has 3 N–H and O–H groups in total. The quantitative estimate of drug-likeness (QED) is 0.358. The van der Waals surface area contributed by atoms with Gasteiger partial charge in [0.1, 0.15) is 5.69 Å². The average Bonchev–Trinajstić information content (AvgIpc) is 3.30. The molecule has 8 nitrogen and oxygen atoms in total. The number of benzene rings is 2. The molecule has 8 heteroatoms. The molecule has 1 saturated heterocycles. The van der Waals surface area contributed by atoms with Crippen molar-refractivity contribution >= 4 is 27.8 Å². The Morgan fingerprint density at radius 2 is 1.91 bits per heavy atom. The number of anilines is 1. The molecule has 6 rings (SSSR count). The Bertz CT molecular complexity index is 1540. The maximum Gasteiger partial charge on any atom is 0.251 e. The van der Waals surface area contributed by atoms with E-state index >= 15 is 0 Å². The molecule has 2 aromatic carbocycles. The first kappa shape index (κ1) is 21.5. The van der Waals surface area contributed by atoms with E-state index in [1.165, 1.54) is 5.56 Å². The maximum atomic E-state index is 13.1. The van der Waals surface area contributed by atoms with Crippen LogP contribution in [0.25, 0.3) is 33.1 Å². The molecular weight excluding hydrogens is 438 g/mol. The van der Waals surface area contributed by atoms with Crippen molar-refractivity contribution < 1.29 is 0 Å². The number of piperidine rings is 1. The van der Waals surface area contributed by atoms with Crippen LogP contribution in [0.5, 0.6) is 0 Å². The van der Waals surface area contributed by atoms with E-state index in [1.54, 1.807) is 19.4 Å². The highest BCUT2D eigenvalue weighted by Gasteiger charge is 2.24. The Morgan fingerprint density at radius 1 is 1.09 bits per heavy atom. The molecule has 1 unspecified atom stereocenters. The second kappa shape index (κ2) is 8.96. The molecule has 1 atom stereocenters. The van der Waals surface area contributed by atoms with Crippen LogP contribution in [0, 0.1) is 0 Å². The summed E-state index contributed by atoms with van der Waals surface area (Å²) < 4.78 is 0. The Labute approximate surface area is 202 Å². The number of aromatic nitrogens is 5. The molecule has 0 amide bonds. The summed E-state index contributed by atoms with van der Waals surface area (Å²) in [6.07, 6.45) is 5.64. The van der Waals surface area contributed by atoms with E-state index in [9.17, 15) is 4.79 Å². The second-order valence-electron chi connectivity index (χ2n) is 9.22. The third kappa shape index (κ3) is 4.17. The van der Waals surface area contributed by atoms with Crippen molar-refractivity contribution in [2.45, 2.75) is 25.3 Å². The third-order valence-corrected chi connectivity index (χ3v) is 6.90. The summed E-state index contributed by atoms with van der Waals surface area (Å²) in [5.41, 5.74) is 5.47. The average molecular weight is 466 g/mol. The van der Waals surface area contributed by atoms with E-state index in [0.29, 0.717) is 5.95 Å². The molecule has 0 bridgehead atoms. The SMILES string of the molecule is CNc1ncc(-c2n[nH]c3cc4[nH]c(=O)c(C5CCCN(Cc6ccccc6)C5)cc4cc23)cn1. The van der Waals surface area contributed by atoms with Crippen molar-refractivity contribution in [3.63, 3.8) is 0 Å². The molecule has 3 aromatic heterocycles. The largest absolute Gasteiger partial charge is 0.357 e. The Kier molecular flexibility index (Phi) is 5.50. The number of H-pyrrole nitrogens is 2. The number of pyridine rings is 1. The molecule has 0 aliphatic carbocycles. The number of likely N-dealkylation sites (tertiary alicyclic amines) is 1. The van der Waals surface area contributed by atoms with Crippen LogP contribution in [-0.2, 0) is 6.54 Å². The van der Waals surface area contributed by atoms with E-state index in [1.807, 2.05) is 12.1 Å². The molecule has 0 saturated carbocycles. The molecule has 5 aromatic rings. The van der Waals surface area contributed by atoms with Crippen molar-refractivity contribution in [2.75, 3.05) is 25.5 Å². The monoisotopic (exact) mass is 465 g/mol. The predicted octanol–water partition coefficient (Wildman–Crippen LogP) is 4.28. The Hall–Kier alpha value is -4.04. The lowest BCUT2D eigenvalue weighted by molar-refractivity contribution is 0.199. The van der Waals surface area contributed by atoms with Crippen LogP contribution >= 0.6 is 0 Å². The zero-order chi connectivity index (χ0) is 23.8. The third-order valence-electron chi connectivity index (χ3n) is 6.90. The predicted molar refractivity (Wildman–Crippen MR) is 138 cm³/mol. The van der Waals surface area contributed by atoms with Crippen LogP contribution in [0.15, 0.2) is 65.7 Å². The molecule has 0 radical (unpaired) electrons. The van der Waals surface area contributed by atoms with Gasteiger partial charge in [-0.15, -0.1) is 0 Å². The summed E-state index contributed by atoms with van der Waals surface area (Å²) in [6.45, 7) is 2.86. The zero-order valence-electron chi connectivity index (χ0n) is 19.6. The number of aromatic amines is 2. The number of nitrogens with one attached hydrogen (secondary N) is 3. The van der Waals surface area contributed by atoms with Crippen molar-refractivity contribution in [1.82, 2.24) is 30.0 Å². The fourth-order valence-corrected chi connectivity index (χ4v) is 5.13. The number of rotatable bonds is 5. The fourth-order valence-electron chi connectivity index (χ4n) is 5.13. The van der Waals surface area contributed by atoms with E-state index in [2.05, 4.69) is 71.8 Å². The minimum atomic E-state index is -0.000737. The number of fused-ring (bicyclic) bond motifs is 2. The van der Waals surface area contributed by atoms with E-state index < -0.39 is 0 Å². The van der Waals surface area contributed by atoms with Crippen molar-refractivity contribution in [1.29, 1.82) is 0 Å². The van der Waals surface area contributed by atoms with Crippen LogP contribution in [0.2, 0.25) is 0 Å². The van der Waals surface area contributed by atoms with Crippen LogP contribution in [0.1, 0.15) is 29.9 Å². The smallest absolute Gasteiger partial charge is 0.251 e. The van der Waals surface area contributed by atoms with Gasteiger partial charge in [0, 0.05) is 55.0 Å². The van der Waals surface area contributed by atoms with Gasteiger partial charge in [-0.05, 0) is 48.5 Å². The van der Waals surface area contributed by atoms with E-state index in [0.717, 1.165) is 71.1 Å². The van der Waals surface area contributed by atoms with Gasteiger partial charge >= 0.3 is 0 Å². The summed E-state index contributed by atoms with van der Waals surface area (Å²) in [6, 6.07) is 16.7. The van der Waals surface area contributed by atoms with Gasteiger partial charge in [0.25, 0.3) is 5.56 Å². The summed E-state index contributed by atoms with van der Waals surface area (Å²) >= 11 is 0. The summed E-state index contributed by atoms with van der Waals surface area (Å²) in [7, 11) is 1.79. The highest BCUT2D eigenvalue weighted by Crippen LogP contribution is 2.31. The van der Waals surface area contributed by atoms with Crippen LogP contribution < -0.4 is 10.9 Å². The summed E-state index contributed by atoms with van der Waals surface area (Å²) in [5, 5.41) is 12.5. The van der Waals surface area contributed by atoms with Gasteiger partial charge in [-0.25, -0.2) is 9.97 Å². The minimum Gasteiger partial charge on any atom is -0.357 e.